The van der Waals surface area contributed by atoms with Crippen LogP contribution in [0.25, 0.3) is 5.70 Å². The molecule has 2 aliphatic rings. The first-order chi connectivity index (χ1) is 31.6. The Labute approximate surface area is 404 Å². The van der Waals surface area contributed by atoms with Gasteiger partial charge in [-0.3, -0.25) is 14.5 Å². The van der Waals surface area contributed by atoms with Crippen molar-refractivity contribution in [3.8, 4) is 11.5 Å². The zero-order valence-electron chi connectivity index (χ0n) is 40.9. The second-order valence-corrected chi connectivity index (χ2v) is 18.2. The number of phenolic OH excluding ortho intramolecular Hbond substituents is 2. The molecule has 0 aromatic heterocycles. The third-order valence-electron chi connectivity index (χ3n) is 11.6. The van der Waals surface area contributed by atoms with Gasteiger partial charge in [-0.05, 0) is 86.1 Å². The van der Waals surface area contributed by atoms with E-state index in [0.29, 0.717) is 81.8 Å². The number of aliphatic imine (C=N–C) groups is 1. The molecule has 0 unspecified atom stereocenters. The summed E-state index contributed by atoms with van der Waals surface area (Å²) in [6.45, 7) is 27.3. The number of hydrogen-bond acceptors (Lipinski definition) is 10. The van der Waals surface area contributed by atoms with E-state index in [9.17, 15) is 24.9 Å². The number of thioether (sulfide) groups is 1. The van der Waals surface area contributed by atoms with E-state index in [4.69, 9.17) is 17.3 Å². The number of allylic oxidation sites excluding steroid dienone is 2. The Morgan fingerprint density at radius 1 is 0.939 bits per heavy atom. The molecule has 2 amide bonds. The molecule has 3 aromatic carbocycles. The summed E-state index contributed by atoms with van der Waals surface area (Å²) in [5, 5.41) is 34.7. The van der Waals surface area contributed by atoms with Gasteiger partial charge in [0, 0.05) is 91.5 Å². The quantitative estimate of drug-likeness (QED) is 0.0382. The number of nitrogens with two attached hydrogens (primary N) is 1. The van der Waals surface area contributed by atoms with E-state index in [1.807, 2.05) is 84.0 Å². The number of piperidine rings is 1. The van der Waals surface area contributed by atoms with Crippen molar-refractivity contribution in [2.45, 2.75) is 118 Å². The lowest BCUT2D eigenvalue weighted by Crippen LogP contribution is -2.48. The number of aliphatic hydroxyl groups excluding tert-OH is 1. The van der Waals surface area contributed by atoms with E-state index >= 15 is 0 Å². The number of unbranched alkanes of at least 4 members (excludes halogenated alkanes) is 1. The topological polar surface area (TPSA) is 158 Å². The number of carbonyl (C=O) groups is 2. The van der Waals surface area contributed by atoms with Crippen LogP contribution in [0.5, 0.6) is 11.5 Å². The molecule has 2 saturated heterocycles. The largest absolute Gasteiger partial charge is 0.508 e. The van der Waals surface area contributed by atoms with Gasteiger partial charge < -0.3 is 41.1 Å². The molecular weight excluding hydrogens is 870 g/mol. The van der Waals surface area contributed by atoms with E-state index in [2.05, 4.69) is 47.5 Å². The molecule has 0 radical (unpaired) electrons. The highest BCUT2D eigenvalue weighted by Crippen LogP contribution is 2.39. The lowest BCUT2D eigenvalue weighted by molar-refractivity contribution is -0.134. The van der Waals surface area contributed by atoms with Gasteiger partial charge in [0.2, 0.25) is 11.8 Å². The van der Waals surface area contributed by atoms with Gasteiger partial charge in [0.15, 0.2) is 0 Å². The normalized spacial score (nSPS) is 15.1. The fourth-order valence-corrected chi connectivity index (χ4v) is 8.46. The van der Waals surface area contributed by atoms with Crippen LogP contribution in [0.1, 0.15) is 123 Å². The number of hydrogen-bond donors (Lipinski definition) is 5. The third-order valence-corrected chi connectivity index (χ3v) is 13.1. The van der Waals surface area contributed by atoms with Crippen LogP contribution in [0.3, 0.4) is 0 Å². The number of rotatable bonds is 17. The average Bonchev–Trinajstić information content (AvgIpc) is 3.32. The predicted octanol–water partition coefficient (Wildman–Crippen LogP) is 11.1. The Kier molecular flexibility index (Phi) is 23.7. The molecule has 0 bridgehead atoms. The molecule has 66 heavy (non-hydrogen) atoms. The Morgan fingerprint density at radius 2 is 1.58 bits per heavy atom. The van der Waals surface area contributed by atoms with E-state index in [1.54, 1.807) is 28.0 Å². The second kappa shape index (κ2) is 28.3. The molecule has 5 rings (SSSR count). The number of amides is 2. The molecule has 2 heterocycles. The third kappa shape index (κ3) is 16.1. The molecule has 0 atom stereocenters. The number of nitrogens with one attached hydrogen (secondary N) is 1. The van der Waals surface area contributed by atoms with Gasteiger partial charge in [0.05, 0.1) is 10.7 Å². The minimum Gasteiger partial charge on any atom is -0.508 e. The van der Waals surface area contributed by atoms with Gasteiger partial charge in [-0.15, -0.1) is 0 Å². The summed E-state index contributed by atoms with van der Waals surface area (Å²) in [6, 6.07) is 16.4. The van der Waals surface area contributed by atoms with Crippen molar-refractivity contribution in [2.24, 2.45) is 16.6 Å². The first-order valence-electron chi connectivity index (χ1n) is 23.5. The number of likely N-dealkylation sites (tertiary alicyclic amines) is 1. The van der Waals surface area contributed by atoms with Crippen molar-refractivity contribution in [1.82, 2.24) is 14.7 Å². The first-order valence-corrected chi connectivity index (χ1v) is 24.7. The van der Waals surface area contributed by atoms with Crippen LogP contribution in [0.2, 0.25) is 5.02 Å². The molecule has 2 aliphatic heterocycles. The maximum absolute atomic E-state index is 13.1. The summed E-state index contributed by atoms with van der Waals surface area (Å²) in [4.78, 5) is 40.1. The number of amidine groups is 1. The fourth-order valence-electron chi connectivity index (χ4n) is 7.41. The van der Waals surface area contributed by atoms with E-state index < -0.39 is 0 Å². The number of halogens is 1. The molecule has 12 nitrogen and oxygen atoms in total. The van der Waals surface area contributed by atoms with Gasteiger partial charge in [-0.1, -0.05) is 116 Å². The van der Waals surface area contributed by atoms with Crippen LogP contribution < -0.4 is 16.0 Å². The maximum Gasteiger partial charge on any atom is 0.224 e. The maximum atomic E-state index is 13.1. The highest BCUT2D eigenvalue weighted by molar-refractivity contribution is 8.04. The average molecular weight is 947 g/mol. The van der Waals surface area contributed by atoms with Gasteiger partial charge in [-0.25, -0.2) is 4.99 Å². The minimum absolute atomic E-state index is 0.0257. The van der Waals surface area contributed by atoms with Crippen molar-refractivity contribution in [3.05, 3.63) is 106 Å². The Bertz CT molecular complexity index is 2120. The number of carbonyl (C=O) groups excluding carboxylic acids is 2. The van der Waals surface area contributed by atoms with Crippen LogP contribution in [0.4, 0.5) is 11.4 Å². The lowest BCUT2D eigenvalue weighted by atomic mass is 9.97. The van der Waals surface area contributed by atoms with Gasteiger partial charge >= 0.3 is 0 Å². The fraction of sp³-hybridized carbons (Fsp3) is 0.481. The monoisotopic (exact) mass is 946 g/mol. The van der Waals surface area contributed by atoms with Crippen molar-refractivity contribution >= 4 is 58.1 Å². The summed E-state index contributed by atoms with van der Waals surface area (Å²) in [7, 11) is 0. The van der Waals surface area contributed by atoms with Crippen LogP contribution in [-0.2, 0) is 16.1 Å². The van der Waals surface area contributed by atoms with Crippen molar-refractivity contribution < 1.29 is 24.9 Å². The molecule has 0 spiro atoms. The van der Waals surface area contributed by atoms with Crippen LogP contribution in [0.15, 0.2) is 93.9 Å². The summed E-state index contributed by atoms with van der Waals surface area (Å²) in [6.07, 6.45) is 8.77. The number of piperazine rings is 1. The molecule has 14 heteroatoms. The zero-order valence-corrected chi connectivity index (χ0v) is 42.4. The van der Waals surface area contributed by atoms with Crippen molar-refractivity contribution in [2.75, 3.05) is 56.2 Å². The summed E-state index contributed by atoms with van der Waals surface area (Å²) < 4.78 is 0. The van der Waals surface area contributed by atoms with E-state index in [0.717, 1.165) is 43.0 Å². The van der Waals surface area contributed by atoms with Crippen molar-refractivity contribution in [3.63, 3.8) is 0 Å². The Morgan fingerprint density at radius 3 is 2.14 bits per heavy atom. The number of phenols is 2. The van der Waals surface area contributed by atoms with Gasteiger partial charge in [0.1, 0.15) is 29.9 Å². The SMILES string of the molecule is C=C(Sc1cccc(NC(=O)CCC(=O)N2CCN(Cc3ccc(N(CO)/C(=C\C)c4cc(C(C)C)c(O)cc4O)cc3)CC2)c1Cl)/C(N)=N\C(=C/C)N1CCC(C)CC1.CC.CCCC. The van der Waals surface area contributed by atoms with Gasteiger partial charge in [-0.2, -0.15) is 0 Å². The second-order valence-electron chi connectivity index (χ2n) is 16.7. The molecule has 362 valence electrons. The van der Waals surface area contributed by atoms with Gasteiger partial charge in [0.25, 0.3) is 0 Å². The minimum atomic E-state index is -0.312. The number of nitrogens with zero attached hydrogens (tertiary/aromatic N) is 5. The highest BCUT2D eigenvalue weighted by Gasteiger charge is 2.24. The van der Waals surface area contributed by atoms with E-state index in [-0.39, 0.29) is 48.8 Å². The molecular formula is C52H76ClN7O5S. The first kappa shape index (κ1) is 55.4. The Hall–Kier alpha value is -4.95. The molecule has 0 saturated carbocycles. The van der Waals surface area contributed by atoms with Crippen LogP contribution >= 0.6 is 23.4 Å². The van der Waals surface area contributed by atoms with Crippen LogP contribution in [0, 0.1) is 5.92 Å². The number of benzene rings is 3. The standard InChI is InChI=1S/C46H60ClN7O5S.C4H10.C2H6/c1-7-38(36-26-35(30(3)4)39(56)27-40(36)57)54(29-55)34-14-12-33(13-15-34)28-51-22-24-53(25-23-51)44(59)17-16-43(58)49-37-10-9-11-41(45(37)47)60-32(6)46(48)50-42(8-2)52-20-18-31(5)19-21-52;1-3-4-2;1-2/h7-15,26-27,30-31,55-57H,6,16-25,28-29H2,1-5H3,(H2,48,50)(H,49,58);3-4H2,1-2H3;1-2H3/b38-7-,42-8+;;. The van der Waals surface area contributed by atoms with Crippen molar-refractivity contribution in [1.29, 1.82) is 0 Å². The zero-order chi connectivity index (χ0) is 48.9. The van der Waals surface area contributed by atoms with E-state index in [1.165, 1.54) is 30.7 Å². The summed E-state index contributed by atoms with van der Waals surface area (Å²) >= 11 is 8.02. The smallest absolute Gasteiger partial charge is 0.224 e. The molecule has 0 aliphatic carbocycles. The summed E-state index contributed by atoms with van der Waals surface area (Å²) in [5.41, 5.74) is 10.5. The summed E-state index contributed by atoms with van der Waals surface area (Å²) in [5.74, 6) is 1.48. The lowest BCUT2D eigenvalue weighted by Gasteiger charge is -2.35. The van der Waals surface area contributed by atoms with Crippen LogP contribution in [-0.4, -0.2) is 93.7 Å². The number of aliphatic hydroxyl groups is 1. The number of anilines is 2. The number of aromatic hydroxyl groups is 2. The molecule has 2 fully saturated rings. The molecule has 3 aromatic rings. The highest BCUT2D eigenvalue weighted by atomic mass is 35.5. The Balaban J connectivity index is 0.00000182. The molecule has 6 N–H and O–H groups in total. The predicted molar refractivity (Wildman–Crippen MR) is 277 cm³/mol.